The lowest BCUT2D eigenvalue weighted by Gasteiger charge is -2.37. The molecule has 28 heavy (non-hydrogen) atoms. The first-order valence-electron chi connectivity index (χ1n) is 10.5. The van der Waals surface area contributed by atoms with Gasteiger partial charge in [-0.15, -0.1) is 0 Å². The molecule has 1 aromatic carbocycles. The normalized spacial score (nSPS) is 19.3. The molecule has 0 aliphatic carbocycles. The maximum atomic E-state index is 13.3. The number of amides is 2. The van der Waals surface area contributed by atoms with Gasteiger partial charge in [0, 0.05) is 39.1 Å². The monoisotopic (exact) mass is 389 g/mol. The topological polar surface area (TPSA) is 43.9 Å². The number of carbonyl (C=O) groups is 2. The maximum absolute atomic E-state index is 13.3. The van der Waals surface area contributed by atoms with Crippen LogP contribution in [-0.4, -0.2) is 72.3 Å². The van der Waals surface area contributed by atoms with Crippen molar-refractivity contribution in [3.8, 4) is 0 Å². The Labute approximate surface area is 167 Å². The molecule has 154 valence electrons. The third-order valence-electron chi connectivity index (χ3n) is 5.95. The molecule has 0 radical (unpaired) electrons. The van der Waals surface area contributed by atoms with Gasteiger partial charge >= 0.3 is 0 Å². The number of benzene rings is 1. The predicted molar refractivity (Wildman–Crippen MR) is 107 cm³/mol. The molecule has 2 aliphatic rings. The highest BCUT2D eigenvalue weighted by Gasteiger charge is 2.31. The van der Waals surface area contributed by atoms with Crippen molar-refractivity contribution in [3.63, 3.8) is 0 Å². The first-order chi connectivity index (χ1) is 13.5. The molecule has 2 amide bonds. The molecule has 0 aromatic heterocycles. The highest BCUT2D eigenvalue weighted by Crippen LogP contribution is 2.27. The van der Waals surface area contributed by atoms with E-state index in [9.17, 15) is 14.0 Å². The molecule has 2 fully saturated rings. The summed E-state index contributed by atoms with van der Waals surface area (Å²) >= 11 is 0. The summed E-state index contributed by atoms with van der Waals surface area (Å²) in [6.45, 7) is 9.42. The van der Waals surface area contributed by atoms with Crippen molar-refractivity contribution < 1.29 is 14.0 Å². The maximum Gasteiger partial charge on any atom is 0.230 e. The molecule has 0 N–H and O–H groups in total. The van der Waals surface area contributed by atoms with Crippen LogP contribution >= 0.6 is 0 Å². The van der Waals surface area contributed by atoms with Crippen molar-refractivity contribution in [1.82, 2.24) is 14.7 Å². The number of hydrogen-bond acceptors (Lipinski definition) is 3. The van der Waals surface area contributed by atoms with Gasteiger partial charge in [-0.05, 0) is 49.5 Å². The van der Waals surface area contributed by atoms with E-state index in [1.54, 1.807) is 12.1 Å². The first-order valence-corrected chi connectivity index (χ1v) is 10.5. The van der Waals surface area contributed by atoms with Crippen LogP contribution in [0.2, 0.25) is 0 Å². The molecule has 1 aromatic rings. The van der Waals surface area contributed by atoms with E-state index in [4.69, 9.17) is 0 Å². The van der Waals surface area contributed by atoms with Crippen molar-refractivity contribution in [1.29, 1.82) is 0 Å². The fourth-order valence-corrected chi connectivity index (χ4v) is 4.27. The Hall–Kier alpha value is -1.95. The summed E-state index contributed by atoms with van der Waals surface area (Å²) in [7, 11) is 0. The Balaban J connectivity index is 1.53. The van der Waals surface area contributed by atoms with Crippen LogP contribution in [0.25, 0.3) is 0 Å². The van der Waals surface area contributed by atoms with Crippen LogP contribution in [0.15, 0.2) is 24.3 Å². The Morgan fingerprint density at radius 2 is 1.50 bits per heavy atom. The number of hydrogen-bond donors (Lipinski definition) is 0. The molecule has 0 spiro atoms. The van der Waals surface area contributed by atoms with Gasteiger partial charge in [-0.3, -0.25) is 9.59 Å². The molecule has 2 saturated heterocycles. The second-order valence-electron chi connectivity index (χ2n) is 8.28. The van der Waals surface area contributed by atoms with Crippen LogP contribution in [0, 0.1) is 11.7 Å². The van der Waals surface area contributed by atoms with E-state index in [1.165, 1.54) is 25.0 Å². The van der Waals surface area contributed by atoms with Gasteiger partial charge in [0.25, 0.3) is 0 Å². The lowest BCUT2D eigenvalue weighted by molar-refractivity contribution is -0.141. The predicted octanol–water partition coefficient (Wildman–Crippen LogP) is 2.72. The third kappa shape index (κ3) is 5.10. The standard InChI is InChI=1S/C22H32FN3O2/c1-17(2)21(18-5-7-19(23)8-6-18)22(28)26-15-13-25(14-16-26)20(27)9-12-24-10-3-4-11-24/h5-8,17,21H,3-4,9-16H2,1-2H3. The van der Waals surface area contributed by atoms with E-state index in [0.717, 1.165) is 25.2 Å². The molecule has 0 bridgehead atoms. The SMILES string of the molecule is CC(C)C(C(=O)N1CCN(C(=O)CCN2CCCC2)CC1)c1ccc(F)cc1. The molecule has 2 aliphatic heterocycles. The quantitative estimate of drug-likeness (QED) is 0.751. The van der Waals surface area contributed by atoms with Gasteiger partial charge in [0.15, 0.2) is 0 Å². The number of likely N-dealkylation sites (tertiary alicyclic amines) is 1. The number of carbonyl (C=O) groups excluding carboxylic acids is 2. The fraction of sp³-hybridized carbons (Fsp3) is 0.636. The molecule has 1 atom stereocenters. The van der Waals surface area contributed by atoms with E-state index in [-0.39, 0.29) is 29.5 Å². The van der Waals surface area contributed by atoms with E-state index in [0.29, 0.717) is 32.6 Å². The van der Waals surface area contributed by atoms with Gasteiger partial charge in [0.1, 0.15) is 5.82 Å². The van der Waals surface area contributed by atoms with Gasteiger partial charge in [0.05, 0.1) is 5.92 Å². The average molecular weight is 390 g/mol. The third-order valence-corrected chi connectivity index (χ3v) is 5.95. The summed E-state index contributed by atoms with van der Waals surface area (Å²) in [5.74, 6) is -0.181. The van der Waals surface area contributed by atoms with E-state index in [1.807, 2.05) is 23.6 Å². The van der Waals surface area contributed by atoms with Crippen molar-refractivity contribution in [2.45, 2.75) is 39.0 Å². The summed E-state index contributed by atoms with van der Waals surface area (Å²) in [6.07, 6.45) is 3.04. The van der Waals surface area contributed by atoms with E-state index < -0.39 is 0 Å². The van der Waals surface area contributed by atoms with Crippen molar-refractivity contribution >= 4 is 11.8 Å². The molecule has 2 heterocycles. The minimum Gasteiger partial charge on any atom is -0.339 e. The first kappa shape index (κ1) is 20.8. The van der Waals surface area contributed by atoms with Crippen molar-refractivity contribution in [3.05, 3.63) is 35.6 Å². The van der Waals surface area contributed by atoms with Crippen molar-refractivity contribution in [2.24, 2.45) is 5.92 Å². The lowest BCUT2D eigenvalue weighted by atomic mass is 9.87. The second kappa shape index (κ2) is 9.50. The summed E-state index contributed by atoms with van der Waals surface area (Å²) in [4.78, 5) is 31.7. The zero-order chi connectivity index (χ0) is 20.1. The minimum absolute atomic E-state index is 0.0748. The van der Waals surface area contributed by atoms with Crippen LogP contribution in [-0.2, 0) is 9.59 Å². The van der Waals surface area contributed by atoms with Crippen LogP contribution in [0.1, 0.15) is 44.6 Å². The van der Waals surface area contributed by atoms with Crippen LogP contribution < -0.4 is 0 Å². The van der Waals surface area contributed by atoms with Gasteiger partial charge in [-0.25, -0.2) is 4.39 Å². The Morgan fingerprint density at radius 1 is 0.929 bits per heavy atom. The van der Waals surface area contributed by atoms with Gasteiger partial charge in [-0.1, -0.05) is 26.0 Å². The highest BCUT2D eigenvalue weighted by molar-refractivity contribution is 5.84. The second-order valence-corrected chi connectivity index (χ2v) is 8.28. The van der Waals surface area contributed by atoms with Gasteiger partial charge in [0.2, 0.25) is 11.8 Å². The molecule has 3 rings (SSSR count). The van der Waals surface area contributed by atoms with E-state index in [2.05, 4.69) is 4.90 Å². The number of rotatable bonds is 6. The van der Waals surface area contributed by atoms with Crippen LogP contribution in [0.5, 0.6) is 0 Å². The van der Waals surface area contributed by atoms with Crippen LogP contribution in [0.4, 0.5) is 4.39 Å². The zero-order valence-corrected chi connectivity index (χ0v) is 17.1. The zero-order valence-electron chi connectivity index (χ0n) is 17.1. The fourth-order valence-electron chi connectivity index (χ4n) is 4.27. The smallest absolute Gasteiger partial charge is 0.230 e. The van der Waals surface area contributed by atoms with Crippen molar-refractivity contribution in [2.75, 3.05) is 45.8 Å². The van der Waals surface area contributed by atoms with Crippen LogP contribution in [0.3, 0.4) is 0 Å². The Morgan fingerprint density at radius 3 is 2.07 bits per heavy atom. The Bertz CT molecular complexity index is 663. The van der Waals surface area contributed by atoms with E-state index >= 15 is 0 Å². The number of nitrogens with zero attached hydrogens (tertiary/aromatic N) is 3. The molecule has 5 nitrogen and oxygen atoms in total. The van der Waals surface area contributed by atoms with Gasteiger partial charge in [-0.2, -0.15) is 0 Å². The summed E-state index contributed by atoms with van der Waals surface area (Å²) in [5.41, 5.74) is 0.852. The summed E-state index contributed by atoms with van der Waals surface area (Å²) in [5, 5.41) is 0. The van der Waals surface area contributed by atoms with Gasteiger partial charge < -0.3 is 14.7 Å². The number of halogens is 1. The summed E-state index contributed by atoms with van der Waals surface area (Å²) < 4.78 is 13.3. The highest BCUT2D eigenvalue weighted by atomic mass is 19.1. The Kier molecular flexibility index (Phi) is 7.05. The number of piperazine rings is 1. The summed E-state index contributed by atoms with van der Waals surface area (Å²) in [6, 6.07) is 6.23. The molecular formula is C22H32FN3O2. The molecule has 0 saturated carbocycles. The molecular weight excluding hydrogens is 357 g/mol. The largest absolute Gasteiger partial charge is 0.339 e. The minimum atomic E-state index is -0.292. The lowest BCUT2D eigenvalue weighted by Crippen LogP contribution is -2.52. The molecule has 6 heteroatoms. The molecule has 1 unspecified atom stereocenters. The average Bonchev–Trinajstić information content (AvgIpc) is 3.21.